The number of rotatable bonds is 8. The SMILES string of the molecule is C=CC(=O)CC(C)(C)CS(=O)(=O)O.CCCCn1c[c-][n+](C)c1. The molecule has 0 unspecified atom stereocenters. The fourth-order valence-corrected chi connectivity index (χ4v) is 3.10. The van der Waals surface area contributed by atoms with Gasteiger partial charge in [0, 0.05) is 19.7 Å². The molecular weight excluding hydrogens is 316 g/mol. The lowest BCUT2D eigenvalue weighted by Gasteiger charge is -2.20. The molecule has 0 aliphatic carbocycles. The van der Waals surface area contributed by atoms with Crippen molar-refractivity contribution in [2.24, 2.45) is 12.5 Å². The van der Waals surface area contributed by atoms with Crippen LogP contribution in [0, 0.1) is 11.6 Å². The average Bonchev–Trinajstić information content (AvgIpc) is 2.79. The Kier molecular flexibility index (Phi) is 9.01. The minimum Gasteiger partial charge on any atom is -0.402 e. The maximum Gasteiger partial charge on any atom is 0.265 e. The zero-order valence-electron chi connectivity index (χ0n) is 14.4. The minimum atomic E-state index is -4.02. The van der Waals surface area contributed by atoms with Gasteiger partial charge in [-0.3, -0.25) is 9.35 Å². The van der Waals surface area contributed by atoms with Crippen molar-refractivity contribution < 1.29 is 22.3 Å². The Bertz CT molecular complexity index is 603. The van der Waals surface area contributed by atoms with Gasteiger partial charge in [-0.15, -0.1) is 0 Å². The van der Waals surface area contributed by atoms with Gasteiger partial charge in [-0.2, -0.15) is 8.42 Å². The van der Waals surface area contributed by atoms with Gasteiger partial charge < -0.3 is 9.13 Å². The zero-order chi connectivity index (χ0) is 18.1. The highest BCUT2D eigenvalue weighted by Gasteiger charge is 2.26. The lowest BCUT2D eigenvalue weighted by atomic mass is 9.90. The number of ketones is 1. The maximum atomic E-state index is 10.9. The Hall–Kier alpha value is -1.47. The third-order valence-corrected chi connectivity index (χ3v) is 4.12. The molecule has 0 radical (unpaired) electrons. The van der Waals surface area contributed by atoms with E-state index in [0.717, 1.165) is 12.6 Å². The van der Waals surface area contributed by atoms with Gasteiger partial charge >= 0.3 is 0 Å². The van der Waals surface area contributed by atoms with Gasteiger partial charge in [-0.1, -0.05) is 33.8 Å². The van der Waals surface area contributed by atoms with Crippen molar-refractivity contribution in [2.45, 2.75) is 46.6 Å². The lowest BCUT2D eigenvalue weighted by molar-refractivity contribution is -0.675. The molecule has 1 rings (SSSR count). The highest BCUT2D eigenvalue weighted by Crippen LogP contribution is 2.22. The molecule has 1 heterocycles. The molecule has 132 valence electrons. The maximum absolute atomic E-state index is 10.9. The first-order valence-electron chi connectivity index (χ1n) is 7.52. The van der Waals surface area contributed by atoms with E-state index >= 15 is 0 Å². The Labute approximate surface area is 139 Å². The molecule has 0 fully saturated rings. The summed E-state index contributed by atoms with van der Waals surface area (Å²) in [6, 6.07) is 0. The van der Waals surface area contributed by atoms with Gasteiger partial charge in [-0.05, 0) is 24.1 Å². The Morgan fingerprint density at radius 1 is 1.48 bits per heavy atom. The monoisotopic (exact) mass is 344 g/mol. The number of carbonyl (C=O) groups is 1. The summed E-state index contributed by atoms with van der Waals surface area (Å²) in [5, 5.41) is 0. The van der Waals surface area contributed by atoms with Crippen molar-refractivity contribution in [3.05, 3.63) is 31.4 Å². The van der Waals surface area contributed by atoms with Gasteiger partial charge in [0.25, 0.3) is 10.1 Å². The predicted octanol–water partition coefficient (Wildman–Crippen LogP) is 1.96. The summed E-state index contributed by atoms with van der Waals surface area (Å²) in [5.41, 5.74) is -0.751. The van der Waals surface area contributed by atoms with E-state index in [4.69, 9.17) is 4.55 Å². The van der Waals surface area contributed by atoms with Crippen LogP contribution >= 0.6 is 0 Å². The van der Waals surface area contributed by atoms with Crippen molar-refractivity contribution in [3.63, 3.8) is 0 Å². The number of aryl methyl sites for hydroxylation is 2. The van der Waals surface area contributed by atoms with Crippen molar-refractivity contribution in [1.82, 2.24) is 4.57 Å². The third kappa shape index (κ3) is 11.7. The fraction of sp³-hybridized carbons (Fsp3) is 0.625. The molecule has 7 heteroatoms. The summed E-state index contributed by atoms with van der Waals surface area (Å²) in [7, 11) is -2.03. The number of nitrogens with zero attached hydrogens (tertiary/aromatic N) is 2. The number of unbranched alkanes of at least 4 members (excludes halogenated alkanes) is 1. The van der Waals surface area contributed by atoms with Crippen LogP contribution in [-0.4, -0.2) is 29.1 Å². The first-order chi connectivity index (χ1) is 10.5. The van der Waals surface area contributed by atoms with Gasteiger partial charge in [0.2, 0.25) is 0 Å². The topological polar surface area (TPSA) is 80.2 Å². The number of carbonyl (C=O) groups excluding carboxylic acids is 1. The van der Waals surface area contributed by atoms with Crippen LogP contribution in [0.1, 0.15) is 40.0 Å². The van der Waals surface area contributed by atoms with Crippen molar-refractivity contribution in [2.75, 3.05) is 5.75 Å². The lowest BCUT2D eigenvalue weighted by Crippen LogP contribution is -2.26. The number of imidazole rings is 1. The molecule has 0 atom stereocenters. The first kappa shape index (κ1) is 21.5. The summed E-state index contributed by atoms with van der Waals surface area (Å²) in [6.07, 6.45) is 10.8. The van der Waals surface area contributed by atoms with Crippen LogP contribution in [0.5, 0.6) is 0 Å². The van der Waals surface area contributed by atoms with Crippen LogP contribution in [0.4, 0.5) is 0 Å². The van der Waals surface area contributed by atoms with Crippen LogP contribution in [0.3, 0.4) is 0 Å². The smallest absolute Gasteiger partial charge is 0.265 e. The van der Waals surface area contributed by atoms with Gasteiger partial charge in [-0.25, -0.2) is 0 Å². The van der Waals surface area contributed by atoms with E-state index in [1.54, 1.807) is 13.8 Å². The first-order valence-corrected chi connectivity index (χ1v) is 9.13. The van der Waals surface area contributed by atoms with E-state index in [9.17, 15) is 13.2 Å². The highest BCUT2D eigenvalue weighted by molar-refractivity contribution is 7.85. The summed E-state index contributed by atoms with van der Waals surface area (Å²) in [4.78, 5) is 10.9. The van der Waals surface area contributed by atoms with Crippen LogP contribution in [-0.2, 0) is 28.5 Å². The molecule has 0 aliphatic heterocycles. The molecular formula is C16H28N2O4S. The molecule has 0 bridgehead atoms. The van der Waals surface area contributed by atoms with E-state index < -0.39 is 21.3 Å². The Morgan fingerprint density at radius 2 is 2.09 bits per heavy atom. The van der Waals surface area contributed by atoms with Crippen molar-refractivity contribution in [3.8, 4) is 0 Å². The predicted molar refractivity (Wildman–Crippen MR) is 89.4 cm³/mol. The van der Waals surface area contributed by atoms with E-state index in [1.807, 2.05) is 17.8 Å². The number of allylic oxidation sites excluding steroid dienone is 1. The molecule has 0 saturated carbocycles. The molecule has 1 N–H and O–H groups in total. The van der Waals surface area contributed by atoms with E-state index in [0.29, 0.717) is 0 Å². The van der Waals surface area contributed by atoms with E-state index in [-0.39, 0.29) is 12.2 Å². The fourth-order valence-electron chi connectivity index (χ4n) is 2.01. The summed E-state index contributed by atoms with van der Waals surface area (Å²) in [5.74, 6) is -0.645. The van der Waals surface area contributed by atoms with Gasteiger partial charge in [0.1, 0.15) is 0 Å². The Morgan fingerprint density at radius 3 is 2.48 bits per heavy atom. The van der Waals surface area contributed by atoms with Crippen LogP contribution in [0.2, 0.25) is 0 Å². The third-order valence-electron chi connectivity index (χ3n) is 2.97. The van der Waals surface area contributed by atoms with Crippen molar-refractivity contribution >= 4 is 15.9 Å². The molecule has 0 saturated heterocycles. The summed E-state index contributed by atoms with van der Waals surface area (Å²) < 4.78 is 33.7. The van der Waals surface area contributed by atoms with Crippen LogP contribution in [0.15, 0.2) is 25.2 Å². The average molecular weight is 344 g/mol. The Balaban J connectivity index is 0.000000433. The second kappa shape index (κ2) is 9.62. The van der Waals surface area contributed by atoms with Crippen molar-refractivity contribution in [1.29, 1.82) is 0 Å². The van der Waals surface area contributed by atoms with E-state index in [2.05, 4.69) is 30.6 Å². The molecule has 1 aromatic rings. The minimum absolute atomic E-state index is 0.0658. The molecule has 0 aromatic carbocycles. The molecule has 1 aromatic heterocycles. The highest BCUT2D eigenvalue weighted by atomic mass is 32.2. The normalized spacial score (nSPS) is 11.5. The quantitative estimate of drug-likeness (QED) is 0.338. The van der Waals surface area contributed by atoms with Crippen LogP contribution < -0.4 is 4.57 Å². The molecule has 23 heavy (non-hydrogen) atoms. The number of aromatic nitrogens is 2. The second-order valence-corrected chi connectivity index (χ2v) is 7.77. The number of hydrogen-bond acceptors (Lipinski definition) is 3. The van der Waals surface area contributed by atoms with Gasteiger partial charge in [0.05, 0.1) is 18.6 Å². The molecule has 6 nitrogen and oxygen atoms in total. The van der Waals surface area contributed by atoms with Crippen LogP contribution in [0.25, 0.3) is 0 Å². The largest absolute Gasteiger partial charge is 0.402 e. The summed E-state index contributed by atoms with van der Waals surface area (Å²) >= 11 is 0. The molecule has 0 aliphatic rings. The standard InChI is InChI=1S/C8H14N2.C8H14O4S/c1-3-4-5-10-7-6-9(2)8-10;1-4-7(9)5-8(2,3)6-13(10,11)12/h7-8H,3-5H2,1-2H3;4H,1,5-6H2,2-3H3,(H,10,11,12). The molecule has 0 spiro atoms. The van der Waals surface area contributed by atoms with E-state index in [1.165, 1.54) is 12.8 Å². The number of hydrogen-bond donors (Lipinski definition) is 1. The zero-order valence-corrected chi connectivity index (χ0v) is 15.3. The summed E-state index contributed by atoms with van der Waals surface area (Å²) in [6.45, 7) is 9.80. The second-order valence-electron chi connectivity index (χ2n) is 6.31. The van der Waals surface area contributed by atoms with Gasteiger partial charge in [0.15, 0.2) is 5.78 Å². The molecule has 0 amide bonds.